The van der Waals surface area contributed by atoms with E-state index in [1.807, 2.05) is 20.8 Å². The standard InChI is InChI=1S/C18H29IN2O2/c1-12(2)16(21-17(22)23-18(4,5)6)11-20-13(3)14-7-9-15(19)10-8-14/h7-10,12-13,16,20H,11H2,1-6H3,(H,21,22). The van der Waals surface area contributed by atoms with Crippen molar-refractivity contribution in [1.29, 1.82) is 0 Å². The fourth-order valence-electron chi connectivity index (χ4n) is 2.09. The molecular formula is C18H29IN2O2. The van der Waals surface area contributed by atoms with Crippen molar-refractivity contribution in [2.45, 2.75) is 59.2 Å². The molecule has 1 rings (SSSR count). The van der Waals surface area contributed by atoms with Gasteiger partial charge in [0, 0.05) is 22.2 Å². The molecule has 2 unspecified atom stereocenters. The van der Waals surface area contributed by atoms with Gasteiger partial charge in [-0.05, 0) is 73.9 Å². The monoisotopic (exact) mass is 432 g/mol. The first kappa shape index (κ1) is 20.2. The number of halogens is 1. The fourth-order valence-corrected chi connectivity index (χ4v) is 2.44. The summed E-state index contributed by atoms with van der Waals surface area (Å²) < 4.78 is 6.57. The van der Waals surface area contributed by atoms with Crippen LogP contribution in [0.1, 0.15) is 53.1 Å². The molecule has 0 aliphatic carbocycles. The molecule has 0 spiro atoms. The molecule has 1 amide bonds. The van der Waals surface area contributed by atoms with Gasteiger partial charge in [-0.3, -0.25) is 0 Å². The van der Waals surface area contributed by atoms with Crippen LogP contribution in [0.2, 0.25) is 0 Å². The molecule has 0 bridgehead atoms. The van der Waals surface area contributed by atoms with Gasteiger partial charge in [-0.25, -0.2) is 4.79 Å². The van der Waals surface area contributed by atoms with Crippen molar-refractivity contribution in [2.24, 2.45) is 5.92 Å². The number of hydrogen-bond donors (Lipinski definition) is 2. The number of ether oxygens (including phenoxy) is 1. The Morgan fingerprint density at radius 1 is 1.17 bits per heavy atom. The molecule has 0 radical (unpaired) electrons. The lowest BCUT2D eigenvalue weighted by molar-refractivity contribution is 0.0489. The van der Waals surface area contributed by atoms with Gasteiger partial charge >= 0.3 is 6.09 Å². The van der Waals surface area contributed by atoms with Gasteiger partial charge in [-0.1, -0.05) is 26.0 Å². The van der Waals surface area contributed by atoms with E-state index in [4.69, 9.17) is 4.74 Å². The Morgan fingerprint density at radius 3 is 2.22 bits per heavy atom. The van der Waals surface area contributed by atoms with Gasteiger partial charge in [-0.2, -0.15) is 0 Å². The highest BCUT2D eigenvalue weighted by molar-refractivity contribution is 14.1. The summed E-state index contributed by atoms with van der Waals surface area (Å²) in [6, 6.07) is 8.72. The molecule has 130 valence electrons. The molecule has 23 heavy (non-hydrogen) atoms. The second-order valence-corrected chi connectivity index (χ2v) is 8.42. The molecule has 0 fully saturated rings. The normalized spacial score (nSPS) is 14.4. The van der Waals surface area contributed by atoms with Gasteiger partial charge < -0.3 is 15.4 Å². The molecule has 0 saturated heterocycles. The average Bonchev–Trinajstić information content (AvgIpc) is 2.41. The molecule has 5 heteroatoms. The maximum absolute atomic E-state index is 12.0. The predicted octanol–water partition coefficient (Wildman–Crippen LogP) is 4.49. The number of carbonyl (C=O) groups is 1. The molecule has 0 saturated carbocycles. The van der Waals surface area contributed by atoms with E-state index in [1.165, 1.54) is 9.13 Å². The third kappa shape index (κ3) is 8.01. The van der Waals surface area contributed by atoms with Crippen molar-refractivity contribution in [2.75, 3.05) is 6.54 Å². The van der Waals surface area contributed by atoms with E-state index in [1.54, 1.807) is 0 Å². The largest absolute Gasteiger partial charge is 0.444 e. The summed E-state index contributed by atoms with van der Waals surface area (Å²) in [6.07, 6.45) is -0.361. The summed E-state index contributed by atoms with van der Waals surface area (Å²) in [7, 11) is 0. The molecule has 4 nitrogen and oxygen atoms in total. The van der Waals surface area contributed by atoms with Crippen LogP contribution in [0.25, 0.3) is 0 Å². The maximum atomic E-state index is 12.0. The highest BCUT2D eigenvalue weighted by Crippen LogP contribution is 2.15. The smallest absolute Gasteiger partial charge is 0.407 e. The van der Waals surface area contributed by atoms with Crippen LogP contribution >= 0.6 is 22.6 Å². The van der Waals surface area contributed by atoms with Gasteiger partial charge in [0.15, 0.2) is 0 Å². The number of benzene rings is 1. The van der Waals surface area contributed by atoms with Crippen LogP contribution in [0, 0.1) is 9.49 Å². The predicted molar refractivity (Wildman–Crippen MR) is 104 cm³/mol. The van der Waals surface area contributed by atoms with Crippen LogP contribution < -0.4 is 10.6 Å². The van der Waals surface area contributed by atoms with Crippen LogP contribution in [0.15, 0.2) is 24.3 Å². The first-order chi connectivity index (χ1) is 10.6. The van der Waals surface area contributed by atoms with Crippen molar-refractivity contribution >= 4 is 28.7 Å². The zero-order chi connectivity index (χ0) is 17.6. The summed E-state index contributed by atoms with van der Waals surface area (Å²) in [4.78, 5) is 12.0. The van der Waals surface area contributed by atoms with Crippen LogP contribution in [-0.4, -0.2) is 24.3 Å². The third-order valence-electron chi connectivity index (χ3n) is 3.52. The van der Waals surface area contributed by atoms with Gasteiger partial charge in [-0.15, -0.1) is 0 Å². The van der Waals surface area contributed by atoms with Gasteiger partial charge in [0.05, 0.1) is 0 Å². The maximum Gasteiger partial charge on any atom is 0.407 e. The topological polar surface area (TPSA) is 50.4 Å². The number of carbonyl (C=O) groups excluding carboxylic acids is 1. The van der Waals surface area contributed by atoms with E-state index >= 15 is 0 Å². The van der Waals surface area contributed by atoms with Crippen molar-refractivity contribution in [3.8, 4) is 0 Å². The lowest BCUT2D eigenvalue weighted by Gasteiger charge is -2.27. The lowest BCUT2D eigenvalue weighted by Crippen LogP contribution is -2.47. The number of nitrogens with one attached hydrogen (secondary N) is 2. The highest BCUT2D eigenvalue weighted by atomic mass is 127. The molecule has 1 aromatic rings. The molecule has 0 aliphatic rings. The van der Waals surface area contributed by atoms with E-state index in [0.29, 0.717) is 12.5 Å². The molecule has 1 aromatic carbocycles. The highest BCUT2D eigenvalue weighted by Gasteiger charge is 2.21. The summed E-state index contributed by atoms with van der Waals surface area (Å²) in [5, 5.41) is 6.46. The zero-order valence-electron chi connectivity index (χ0n) is 14.9. The molecule has 0 heterocycles. The minimum atomic E-state index is -0.479. The molecule has 0 aromatic heterocycles. The minimum absolute atomic E-state index is 0.0242. The van der Waals surface area contributed by atoms with Crippen LogP contribution in [0.4, 0.5) is 4.79 Å². The lowest BCUT2D eigenvalue weighted by atomic mass is 10.0. The quantitative estimate of drug-likeness (QED) is 0.652. The number of hydrogen-bond acceptors (Lipinski definition) is 3. The van der Waals surface area contributed by atoms with E-state index in [-0.39, 0.29) is 18.2 Å². The van der Waals surface area contributed by atoms with E-state index < -0.39 is 5.60 Å². The Labute approximate surface area is 153 Å². The number of rotatable bonds is 6. The number of alkyl carbamates (subject to hydrolysis) is 1. The summed E-state index contributed by atoms with van der Waals surface area (Å²) in [5.74, 6) is 0.318. The van der Waals surface area contributed by atoms with E-state index in [0.717, 1.165) is 0 Å². The van der Waals surface area contributed by atoms with Gasteiger partial charge in [0.25, 0.3) is 0 Å². The van der Waals surface area contributed by atoms with Crippen molar-refractivity contribution < 1.29 is 9.53 Å². The second kappa shape index (κ2) is 8.87. The van der Waals surface area contributed by atoms with Crippen molar-refractivity contribution in [3.63, 3.8) is 0 Å². The summed E-state index contributed by atoms with van der Waals surface area (Å²) in [6.45, 7) is 12.6. The van der Waals surface area contributed by atoms with Gasteiger partial charge in [0.2, 0.25) is 0 Å². The molecular weight excluding hydrogens is 403 g/mol. The summed E-state index contributed by atoms with van der Waals surface area (Å²) >= 11 is 2.30. The Balaban J connectivity index is 2.56. The van der Waals surface area contributed by atoms with Crippen molar-refractivity contribution in [3.05, 3.63) is 33.4 Å². The van der Waals surface area contributed by atoms with Gasteiger partial charge in [0.1, 0.15) is 5.60 Å². The molecule has 2 atom stereocenters. The molecule has 2 N–H and O–H groups in total. The SMILES string of the molecule is CC(NCC(NC(=O)OC(C)(C)C)C(C)C)c1ccc(I)cc1. The Hall–Kier alpha value is -0.820. The first-order valence-corrected chi connectivity index (χ1v) is 9.14. The third-order valence-corrected chi connectivity index (χ3v) is 4.24. The fraction of sp³-hybridized carbons (Fsp3) is 0.611. The Kier molecular flexibility index (Phi) is 7.80. The minimum Gasteiger partial charge on any atom is -0.444 e. The van der Waals surface area contributed by atoms with E-state index in [9.17, 15) is 4.79 Å². The van der Waals surface area contributed by atoms with Crippen LogP contribution in [0.5, 0.6) is 0 Å². The van der Waals surface area contributed by atoms with Crippen LogP contribution in [0.3, 0.4) is 0 Å². The Morgan fingerprint density at radius 2 is 1.74 bits per heavy atom. The Bertz CT molecular complexity index is 495. The van der Waals surface area contributed by atoms with Crippen LogP contribution in [-0.2, 0) is 4.74 Å². The van der Waals surface area contributed by atoms with E-state index in [2.05, 4.69) is 78.3 Å². The second-order valence-electron chi connectivity index (χ2n) is 7.18. The zero-order valence-corrected chi connectivity index (χ0v) is 17.1. The summed E-state index contributed by atoms with van der Waals surface area (Å²) in [5.41, 5.74) is 0.762. The molecule has 0 aliphatic heterocycles. The number of amides is 1. The first-order valence-electron chi connectivity index (χ1n) is 8.07. The van der Waals surface area contributed by atoms with Crippen molar-refractivity contribution in [1.82, 2.24) is 10.6 Å². The average molecular weight is 432 g/mol.